The Morgan fingerprint density at radius 3 is 2.96 bits per heavy atom. The summed E-state index contributed by atoms with van der Waals surface area (Å²) in [4.78, 5) is 33.3. The van der Waals surface area contributed by atoms with Gasteiger partial charge in [-0.05, 0) is 6.07 Å². The molecule has 0 bridgehead atoms. The third kappa shape index (κ3) is 3.92. The smallest absolute Gasteiger partial charge is 0.280 e. The van der Waals surface area contributed by atoms with Gasteiger partial charge < -0.3 is 33.5 Å². The number of aromatic nitrogens is 5. The Bertz CT molecular complexity index is 968. The second kappa shape index (κ2) is 7.28. The first-order valence-electron chi connectivity index (χ1n) is 7.11. The highest BCUT2D eigenvalue weighted by Crippen LogP contribution is 2.07. The summed E-state index contributed by atoms with van der Waals surface area (Å²) in [7, 11) is 0. The van der Waals surface area contributed by atoms with Crippen molar-refractivity contribution in [3.8, 4) is 0 Å². The molecule has 0 fully saturated rings. The van der Waals surface area contributed by atoms with Gasteiger partial charge in [-0.1, -0.05) is 0 Å². The number of carbonyl (C=O) groups excluding carboxylic acids is 1. The Hall–Kier alpha value is -2.98. The van der Waals surface area contributed by atoms with Gasteiger partial charge in [0.15, 0.2) is 30.1 Å². The fraction of sp³-hybridized carbons (Fsp3) is 0.214. The number of nitrogens with zero attached hydrogens (tertiary/aromatic N) is 4. The number of amides is 1. The van der Waals surface area contributed by atoms with Gasteiger partial charge in [0.25, 0.3) is 11.5 Å². The molecule has 3 aromatic heterocycles. The molecule has 1 atom stereocenters. The number of imidazole rings is 1. The van der Waals surface area contributed by atoms with E-state index in [1.54, 1.807) is 33.7 Å². The highest BCUT2D eigenvalue weighted by molar-refractivity contribution is 5.92. The van der Waals surface area contributed by atoms with Gasteiger partial charge in [0.1, 0.15) is 11.7 Å². The quantitative estimate of drug-likeness (QED) is 0.332. The van der Waals surface area contributed by atoms with Crippen LogP contribution < -0.4 is 34.0 Å². The van der Waals surface area contributed by atoms with E-state index in [1.807, 2.05) is 0 Å². The highest BCUT2D eigenvalue weighted by Gasteiger charge is 2.16. The molecule has 3 aromatic rings. The summed E-state index contributed by atoms with van der Waals surface area (Å²) < 4.78 is 3.20. The van der Waals surface area contributed by atoms with Crippen LogP contribution in [0.2, 0.25) is 0 Å². The molecule has 0 aliphatic heterocycles. The SMILES string of the molecule is NC(=O)c1ccc[n+](CC(O)Cn2cnc3c(=O)[nH]c(N)nc32)c1.[Cl-]. The van der Waals surface area contributed by atoms with Crippen LogP contribution in [0.4, 0.5) is 5.95 Å². The number of H-pyrrole nitrogens is 1. The molecule has 10 nitrogen and oxygen atoms in total. The number of primary amides is 1. The minimum absolute atomic E-state index is 0. The van der Waals surface area contributed by atoms with Gasteiger partial charge in [0, 0.05) is 6.07 Å². The van der Waals surface area contributed by atoms with Crippen LogP contribution in [0.1, 0.15) is 10.4 Å². The van der Waals surface area contributed by atoms with Crippen LogP contribution >= 0.6 is 0 Å². The van der Waals surface area contributed by atoms with Crippen molar-refractivity contribution in [3.05, 3.63) is 46.8 Å². The highest BCUT2D eigenvalue weighted by atomic mass is 35.5. The molecular weight excluding hydrogens is 350 g/mol. The van der Waals surface area contributed by atoms with Crippen LogP contribution in [0, 0.1) is 0 Å². The molecule has 132 valence electrons. The molecule has 11 heteroatoms. The zero-order valence-corrected chi connectivity index (χ0v) is 13.7. The monoisotopic (exact) mass is 365 g/mol. The van der Waals surface area contributed by atoms with E-state index in [0.29, 0.717) is 11.2 Å². The van der Waals surface area contributed by atoms with Crippen LogP contribution in [0.3, 0.4) is 0 Å². The van der Waals surface area contributed by atoms with Gasteiger partial charge in [-0.3, -0.25) is 14.6 Å². The number of hydrogen-bond donors (Lipinski definition) is 4. The summed E-state index contributed by atoms with van der Waals surface area (Å²) in [6.45, 7) is 0.375. The van der Waals surface area contributed by atoms with Gasteiger partial charge in [-0.25, -0.2) is 9.55 Å². The average Bonchev–Trinajstić information content (AvgIpc) is 2.90. The van der Waals surface area contributed by atoms with Crippen LogP contribution in [0.25, 0.3) is 11.2 Å². The molecule has 0 radical (unpaired) electrons. The van der Waals surface area contributed by atoms with Crippen molar-refractivity contribution in [3.63, 3.8) is 0 Å². The third-order valence-electron chi connectivity index (χ3n) is 3.46. The van der Waals surface area contributed by atoms with Crippen LogP contribution in [-0.2, 0) is 13.1 Å². The molecule has 3 heterocycles. The Morgan fingerprint density at radius 2 is 2.24 bits per heavy atom. The normalized spacial score (nSPS) is 11.9. The molecule has 0 saturated heterocycles. The van der Waals surface area contributed by atoms with Crippen molar-refractivity contribution in [2.75, 3.05) is 5.73 Å². The Morgan fingerprint density at radius 1 is 1.48 bits per heavy atom. The van der Waals surface area contributed by atoms with Gasteiger partial charge in [0.05, 0.1) is 12.9 Å². The lowest BCUT2D eigenvalue weighted by atomic mass is 10.2. The first kappa shape index (κ1) is 18.4. The number of aliphatic hydroxyl groups excluding tert-OH is 1. The number of anilines is 1. The molecule has 25 heavy (non-hydrogen) atoms. The molecule has 0 aliphatic rings. The predicted octanol–water partition coefficient (Wildman–Crippen LogP) is -4.85. The van der Waals surface area contributed by atoms with Crippen LogP contribution in [0.15, 0.2) is 35.6 Å². The second-order valence-electron chi connectivity index (χ2n) is 5.33. The molecule has 1 unspecified atom stereocenters. The molecule has 0 spiro atoms. The minimum Gasteiger partial charge on any atom is -1.00 e. The lowest BCUT2D eigenvalue weighted by molar-refractivity contribution is -0.703. The van der Waals surface area contributed by atoms with Crippen molar-refractivity contribution in [2.24, 2.45) is 5.73 Å². The summed E-state index contributed by atoms with van der Waals surface area (Å²) >= 11 is 0. The molecule has 1 amide bonds. The zero-order chi connectivity index (χ0) is 17.3. The van der Waals surface area contributed by atoms with Crippen LogP contribution in [0.5, 0.6) is 0 Å². The lowest BCUT2D eigenvalue weighted by Gasteiger charge is -2.09. The lowest BCUT2D eigenvalue weighted by Crippen LogP contribution is -3.00. The number of fused-ring (bicyclic) bond motifs is 1. The summed E-state index contributed by atoms with van der Waals surface area (Å²) in [5.41, 5.74) is 11.1. The summed E-state index contributed by atoms with van der Waals surface area (Å²) in [5, 5.41) is 10.3. The van der Waals surface area contributed by atoms with E-state index >= 15 is 0 Å². The summed E-state index contributed by atoms with van der Waals surface area (Å²) in [6.07, 6.45) is 3.87. The van der Waals surface area contributed by atoms with Gasteiger partial charge in [-0.2, -0.15) is 4.98 Å². The summed E-state index contributed by atoms with van der Waals surface area (Å²) in [5.74, 6) is -0.564. The second-order valence-corrected chi connectivity index (χ2v) is 5.33. The topological polar surface area (TPSA) is 157 Å². The minimum atomic E-state index is -0.808. The fourth-order valence-corrected chi connectivity index (χ4v) is 2.41. The van der Waals surface area contributed by atoms with Crippen molar-refractivity contribution >= 4 is 23.0 Å². The van der Waals surface area contributed by atoms with E-state index in [-0.39, 0.29) is 37.0 Å². The van der Waals surface area contributed by atoms with Crippen molar-refractivity contribution in [1.82, 2.24) is 19.5 Å². The number of halogens is 1. The zero-order valence-electron chi connectivity index (χ0n) is 13.0. The average molecular weight is 366 g/mol. The maximum atomic E-state index is 11.7. The maximum Gasteiger partial charge on any atom is 0.280 e. The Balaban J connectivity index is 0.00000225. The van der Waals surface area contributed by atoms with Crippen LogP contribution in [-0.4, -0.2) is 36.6 Å². The molecule has 6 N–H and O–H groups in total. The van der Waals surface area contributed by atoms with Gasteiger partial charge >= 0.3 is 0 Å². The predicted molar refractivity (Wildman–Crippen MR) is 83.7 cm³/mol. The Kier molecular flexibility index (Phi) is 5.35. The molecular formula is C14H16ClN7O3. The van der Waals surface area contributed by atoms with E-state index in [9.17, 15) is 14.7 Å². The number of aliphatic hydroxyl groups is 1. The van der Waals surface area contributed by atoms with Crippen molar-refractivity contribution in [2.45, 2.75) is 19.2 Å². The van der Waals surface area contributed by atoms with Gasteiger partial charge in [0.2, 0.25) is 5.95 Å². The Labute approximate surface area is 147 Å². The van der Waals surface area contributed by atoms with E-state index in [4.69, 9.17) is 11.5 Å². The number of hydrogen-bond acceptors (Lipinski definition) is 6. The number of rotatable bonds is 5. The largest absolute Gasteiger partial charge is 1.00 e. The van der Waals surface area contributed by atoms with E-state index in [1.165, 1.54) is 6.33 Å². The fourth-order valence-electron chi connectivity index (χ4n) is 2.41. The number of nitrogens with two attached hydrogens (primary N) is 2. The maximum absolute atomic E-state index is 11.7. The molecule has 0 aliphatic carbocycles. The van der Waals surface area contributed by atoms with Crippen molar-refractivity contribution in [1.29, 1.82) is 0 Å². The number of carbonyl (C=O) groups is 1. The number of nitrogens with one attached hydrogen (secondary N) is 1. The number of aromatic amines is 1. The molecule has 0 aromatic carbocycles. The molecule has 0 saturated carbocycles. The first-order valence-corrected chi connectivity index (χ1v) is 7.11. The number of pyridine rings is 1. The van der Waals surface area contributed by atoms with E-state index in [0.717, 1.165) is 0 Å². The first-order chi connectivity index (χ1) is 11.4. The van der Waals surface area contributed by atoms with Gasteiger partial charge in [-0.15, -0.1) is 0 Å². The molecule has 3 rings (SSSR count). The van der Waals surface area contributed by atoms with E-state index in [2.05, 4.69) is 15.0 Å². The number of nitrogen functional groups attached to an aromatic ring is 1. The summed E-state index contributed by atoms with van der Waals surface area (Å²) in [6, 6.07) is 3.26. The van der Waals surface area contributed by atoms with Crippen molar-refractivity contribution < 1.29 is 26.9 Å². The third-order valence-corrected chi connectivity index (χ3v) is 3.46. The van der Waals surface area contributed by atoms with E-state index < -0.39 is 17.6 Å². The standard InChI is InChI=1S/C14H15N7O3.ClH/c15-11(23)8-2-1-3-20(4-8)5-9(22)6-21-7-17-10-12(21)18-14(16)19-13(10)24;/h1-4,7,9,22H,5-6H2,(H4-,15,16,18,19,23,24);1H.